The summed E-state index contributed by atoms with van der Waals surface area (Å²) in [4.78, 5) is 24.3. The molecular weight excluding hydrogens is 335 g/mol. The molecule has 0 aliphatic rings. The standard InChI is InChI=1S/C17H16F3N3O2/c1-23(9-16(24)21-13-5-2-11(18)3-6-13)10-17(25)22-15-8-12(19)4-7-14(15)20/h2-8H,9-10H2,1H3,(H,21,24)(H,22,25)/p+1. The van der Waals surface area contributed by atoms with Crippen molar-refractivity contribution in [3.05, 3.63) is 59.9 Å². The molecule has 0 aliphatic heterocycles. The lowest BCUT2D eigenvalue weighted by molar-refractivity contribution is -0.862. The Kier molecular flexibility index (Phi) is 6.13. The van der Waals surface area contributed by atoms with E-state index in [9.17, 15) is 22.8 Å². The van der Waals surface area contributed by atoms with Gasteiger partial charge in [0.2, 0.25) is 0 Å². The van der Waals surface area contributed by atoms with Gasteiger partial charge in [0.25, 0.3) is 11.8 Å². The molecule has 0 bridgehead atoms. The van der Waals surface area contributed by atoms with Gasteiger partial charge in [0.1, 0.15) is 17.5 Å². The van der Waals surface area contributed by atoms with Crippen molar-refractivity contribution in [2.75, 3.05) is 30.8 Å². The molecule has 0 saturated carbocycles. The summed E-state index contributed by atoms with van der Waals surface area (Å²) in [5, 5.41) is 4.83. The molecule has 2 aromatic carbocycles. The van der Waals surface area contributed by atoms with Crippen LogP contribution in [0.15, 0.2) is 42.5 Å². The highest BCUT2D eigenvalue weighted by Crippen LogP contribution is 2.14. The highest BCUT2D eigenvalue weighted by atomic mass is 19.1. The number of likely N-dealkylation sites (N-methyl/N-ethyl adjacent to an activating group) is 1. The summed E-state index contributed by atoms with van der Waals surface area (Å²) in [6, 6.07) is 8.01. The maximum Gasteiger partial charge on any atom is 0.279 e. The van der Waals surface area contributed by atoms with Crippen LogP contribution in [0.5, 0.6) is 0 Å². The van der Waals surface area contributed by atoms with Gasteiger partial charge in [0.15, 0.2) is 13.1 Å². The van der Waals surface area contributed by atoms with Crippen LogP contribution in [0.25, 0.3) is 0 Å². The topological polar surface area (TPSA) is 62.6 Å². The second kappa shape index (κ2) is 8.29. The molecule has 2 rings (SSSR count). The number of anilines is 2. The maximum absolute atomic E-state index is 13.5. The molecule has 0 fully saturated rings. The molecule has 2 amide bonds. The molecule has 0 aromatic heterocycles. The van der Waals surface area contributed by atoms with Crippen molar-refractivity contribution < 1.29 is 27.7 Å². The average molecular weight is 352 g/mol. The average Bonchev–Trinajstić information content (AvgIpc) is 2.52. The molecule has 1 atom stereocenters. The van der Waals surface area contributed by atoms with Gasteiger partial charge in [0.05, 0.1) is 12.7 Å². The predicted octanol–water partition coefficient (Wildman–Crippen LogP) is 1.20. The van der Waals surface area contributed by atoms with Gasteiger partial charge in [-0.25, -0.2) is 13.2 Å². The fourth-order valence-corrected chi connectivity index (χ4v) is 2.14. The number of carbonyl (C=O) groups excluding carboxylic acids is 2. The summed E-state index contributed by atoms with van der Waals surface area (Å²) in [5.74, 6) is -2.76. The van der Waals surface area contributed by atoms with Crippen molar-refractivity contribution in [1.82, 2.24) is 0 Å². The van der Waals surface area contributed by atoms with Crippen molar-refractivity contribution in [1.29, 1.82) is 0 Å². The highest BCUT2D eigenvalue weighted by molar-refractivity contribution is 5.93. The van der Waals surface area contributed by atoms with Crippen LogP contribution in [0.1, 0.15) is 0 Å². The Labute approximate surface area is 142 Å². The number of hydrogen-bond acceptors (Lipinski definition) is 2. The van der Waals surface area contributed by atoms with Crippen LogP contribution >= 0.6 is 0 Å². The Hall–Kier alpha value is -2.87. The van der Waals surface area contributed by atoms with Gasteiger partial charge in [-0.15, -0.1) is 0 Å². The van der Waals surface area contributed by atoms with Gasteiger partial charge < -0.3 is 15.5 Å². The molecule has 8 heteroatoms. The van der Waals surface area contributed by atoms with Crippen LogP contribution in [-0.2, 0) is 9.59 Å². The van der Waals surface area contributed by atoms with E-state index in [1.165, 1.54) is 24.3 Å². The number of hydrogen-bond donors (Lipinski definition) is 3. The predicted molar refractivity (Wildman–Crippen MR) is 86.6 cm³/mol. The van der Waals surface area contributed by atoms with E-state index in [4.69, 9.17) is 0 Å². The molecule has 2 aromatic rings. The molecule has 0 spiro atoms. The second-order valence-electron chi connectivity index (χ2n) is 5.54. The first-order chi connectivity index (χ1) is 11.8. The second-order valence-corrected chi connectivity index (χ2v) is 5.54. The zero-order chi connectivity index (χ0) is 18.4. The Morgan fingerprint density at radius 3 is 2.08 bits per heavy atom. The number of halogens is 3. The Morgan fingerprint density at radius 1 is 0.880 bits per heavy atom. The minimum Gasteiger partial charge on any atom is -0.322 e. The number of amides is 2. The third-order valence-electron chi connectivity index (χ3n) is 3.26. The van der Waals surface area contributed by atoms with Crippen LogP contribution < -0.4 is 15.5 Å². The molecular formula is C17H17F3N3O2+. The van der Waals surface area contributed by atoms with Gasteiger partial charge in [-0.05, 0) is 36.4 Å². The van der Waals surface area contributed by atoms with Crippen LogP contribution in [0.4, 0.5) is 24.5 Å². The first-order valence-corrected chi connectivity index (χ1v) is 7.45. The maximum atomic E-state index is 13.5. The third kappa shape index (κ3) is 5.92. The number of quaternary nitrogens is 1. The van der Waals surface area contributed by atoms with Crippen LogP contribution in [-0.4, -0.2) is 32.0 Å². The van der Waals surface area contributed by atoms with E-state index in [1.54, 1.807) is 7.05 Å². The molecule has 25 heavy (non-hydrogen) atoms. The van der Waals surface area contributed by atoms with Crippen molar-refractivity contribution in [2.24, 2.45) is 0 Å². The van der Waals surface area contributed by atoms with Gasteiger partial charge in [-0.2, -0.15) is 0 Å². The summed E-state index contributed by atoms with van der Waals surface area (Å²) >= 11 is 0. The zero-order valence-electron chi connectivity index (χ0n) is 13.4. The minimum absolute atomic E-state index is 0.0313. The van der Waals surface area contributed by atoms with Crippen molar-refractivity contribution in [2.45, 2.75) is 0 Å². The smallest absolute Gasteiger partial charge is 0.279 e. The summed E-state index contributed by atoms with van der Waals surface area (Å²) < 4.78 is 39.3. The summed E-state index contributed by atoms with van der Waals surface area (Å²) in [6.07, 6.45) is 0. The minimum atomic E-state index is -0.749. The molecule has 0 saturated heterocycles. The summed E-state index contributed by atoms with van der Waals surface area (Å²) in [6.45, 7) is -0.150. The van der Waals surface area contributed by atoms with E-state index >= 15 is 0 Å². The van der Waals surface area contributed by atoms with Gasteiger partial charge in [-0.1, -0.05) is 0 Å². The molecule has 1 unspecified atom stereocenters. The molecule has 0 aliphatic carbocycles. The van der Waals surface area contributed by atoms with Crippen molar-refractivity contribution in [3.63, 3.8) is 0 Å². The fraction of sp³-hybridized carbons (Fsp3) is 0.176. The number of benzene rings is 2. The summed E-state index contributed by atoms with van der Waals surface area (Å²) in [7, 11) is 1.60. The largest absolute Gasteiger partial charge is 0.322 e. The Balaban J connectivity index is 1.83. The van der Waals surface area contributed by atoms with E-state index in [2.05, 4.69) is 10.6 Å². The monoisotopic (exact) mass is 352 g/mol. The number of nitrogens with one attached hydrogen (secondary N) is 3. The molecule has 0 radical (unpaired) electrons. The first kappa shape index (κ1) is 18.5. The van der Waals surface area contributed by atoms with Gasteiger partial charge in [0, 0.05) is 11.8 Å². The van der Waals surface area contributed by atoms with Crippen molar-refractivity contribution >= 4 is 23.2 Å². The first-order valence-electron chi connectivity index (χ1n) is 7.45. The van der Waals surface area contributed by atoms with Crippen molar-refractivity contribution in [3.8, 4) is 0 Å². The zero-order valence-corrected chi connectivity index (χ0v) is 13.4. The lowest BCUT2D eigenvalue weighted by Gasteiger charge is -2.14. The number of rotatable bonds is 6. The van der Waals surface area contributed by atoms with E-state index < -0.39 is 23.4 Å². The quantitative estimate of drug-likeness (QED) is 0.732. The van der Waals surface area contributed by atoms with Gasteiger partial charge >= 0.3 is 0 Å². The van der Waals surface area contributed by atoms with Gasteiger partial charge in [-0.3, -0.25) is 9.59 Å². The SMILES string of the molecule is C[NH+](CC(=O)Nc1ccc(F)cc1)CC(=O)Nc1cc(F)ccc1F. The fourth-order valence-electron chi connectivity index (χ4n) is 2.14. The lowest BCUT2D eigenvalue weighted by atomic mass is 10.3. The number of carbonyl (C=O) groups is 2. The molecule has 0 heterocycles. The van der Waals surface area contributed by atoms with E-state index in [0.717, 1.165) is 18.2 Å². The molecule has 132 valence electrons. The Bertz CT molecular complexity index is 766. The Morgan fingerprint density at radius 2 is 1.44 bits per heavy atom. The third-order valence-corrected chi connectivity index (χ3v) is 3.26. The molecule has 3 N–H and O–H groups in total. The van der Waals surface area contributed by atoms with E-state index in [-0.39, 0.29) is 24.7 Å². The van der Waals surface area contributed by atoms with E-state index in [1.807, 2.05) is 0 Å². The van der Waals surface area contributed by atoms with Crippen LogP contribution in [0, 0.1) is 17.5 Å². The normalized spacial score (nSPS) is 11.7. The van der Waals surface area contributed by atoms with Crippen LogP contribution in [0.2, 0.25) is 0 Å². The highest BCUT2D eigenvalue weighted by Gasteiger charge is 2.16. The molecule has 5 nitrogen and oxygen atoms in total. The lowest BCUT2D eigenvalue weighted by Crippen LogP contribution is -3.11. The summed E-state index contributed by atoms with van der Waals surface area (Å²) in [5.41, 5.74) is 0.180. The van der Waals surface area contributed by atoms with Crippen LogP contribution in [0.3, 0.4) is 0 Å². The van der Waals surface area contributed by atoms with E-state index in [0.29, 0.717) is 10.6 Å².